The fraction of sp³-hybridized carbons (Fsp3) is 0.292. The SMILES string of the molecule is Nc1nc(-c2ccc(C3(C(=O)N4CC[C@@]5(C4)OC(=O)c4ccccc45)CC3)cc2)co1. The zero-order valence-electron chi connectivity index (χ0n) is 16.8. The summed E-state index contributed by atoms with van der Waals surface area (Å²) in [6.45, 7) is 0.991. The lowest BCUT2D eigenvalue weighted by Crippen LogP contribution is -2.40. The van der Waals surface area contributed by atoms with Gasteiger partial charge in [0.1, 0.15) is 12.0 Å². The summed E-state index contributed by atoms with van der Waals surface area (Å²) in [7, 11) is 0. The fourth-order valence-electron chi connectivity index (χ4n) is 5.04. The van der Waals surface area contributed by atoms with Crippen molar-refractivity contribution in [3.8, 4) is 11.3 Å². The van der Waals surface area contributed by atoms with E-state index in [4.69, 9.17) is 14.9 Å². The van der Waals surface area contributed by atoms with Gasteiger partial charge >= 0.3 is 5.97 Å². The zero-order valence-corrected chi connectivity index (χ0v) is 16.8. The largest absolute Gasteiger partial charge is 0.449 e. The summed E-state index contributed by atoms with van der Waals surface area (Å²) in [5.41, 5.74) is 8.44. The van der Waals surface area contributed by atoms with Gasteiger partial charge in [0.15, 0.2) is 5.60 Å². The van der Waals surface area contributed by atoms with Crippen LogP contribution in [0.5, 0.6) is 0 Å². The Hall–Kier alpha value is -3.61. The minimum atomic E-state index is -0.712. The molecule has 1 atom stereocenters. The Morgan fingerprint density at radius 3 is 2.55 bits per heavy atom. The van der Waals surface area contributed by atoms with Crippen LogP contribution in [0.15, 0.2) is 59.2 Å². The lowest BCUT2D eigenvalue weighted by molar-refractivity contribution is -0.134. The van der Waals surface area contributed by atoms with Gasteiger partial charge in [-0.15, -0.1) is 0 Å². The Kier molecular flexibility index (Phi) is 3.64. The third kappa shape index (κ3) is 2.62. The average molecular weight is 415 g/mol. The summed E-state index contributed by atoms with van der Waals surface area (Å²) >= 11 is 0. The molecule has 2 fully saturated rings. The number of ether oxygens (including phenoxy) is 1. The molecular weight excluding hydrogens is 394 g/mol. The molecule has 1 aromatic heterocycles. The number of esters is 1. The third-order valence-electron chi connectivity index (χ3n) is 6.86. The number of hydrogen-bond acceptors (Lipinski definition) is 6. The van der Waals surface area contributed by atoms with Gasteiger partial charge in [-0.05, 0) is 24.5 Å². The molecule has 3 aliphatic rings. The molecule has 3 heterocycles. The number of oxazole rings is 1. The molecule has 1 spiro atoms. The van der Waals surface area contributed by atoms with Gasteiger partial charge in [0.2, 0.25) is 5.91 Å². The normalized spacial score (nSPS) is 23.1. The first-order chi connectivity index (χ1) is 15.0. The van der Waals surface area contributed by atoms with E-state index < -0.39 is 11.0 Å². The molecule has 2 aromatic carbocycles. The van der Waals surface area contributed by atoms with Crippen LogP contribution in [-0.2, 0) is 20.5 Å². The second kappa shape index (κ2) is 6.20. The van der Waals surface area contributed by atoms with E-state index in [1.165, 1.54) is 6.26 Å². The predicted molar refractivity (Wildman–Crippen MR) is 112 cm³/mol. The molecule has 6 rings (SSSR count). The third-order valence-corrected chi connectivity index (χ3v) is 6.86. The molecule has 3 aromatic rings. The van der Waals surface area contributed by atoms with Crippen molar-refractivity contribution in [1.82, 2.24) is 9.88 Å². The molecule has 1 saturated carbocycles. The lowest BCUT2D eigenvalue weighted by atomic mass is 9.91. The van der Waals surface area contributed by atoms with Crippen LogP contribution in [0.3, 0.4) is 0 Å². The van der Waals surface area contributed by atoms with Crippen molar-refractivity contribution in [2.24, 2.45) is 0 Å². The van der Waals surface area contributed by atoms with Gasteiger partial charge in [-0.2, -0.15) is 4.98 Å². The van der Waals surface area contributed by atoms with E-state index in [1.54, 1.807) is 6.07 Å². The molecular formula is C24H21N3O4. The minimum absolute atomic E-state index is 0.114. The van der Waals surface area contributed by atoms with Gasteiger partial charge in [0.05, 0.1) is 17.5 Å². The molecule has 7 nitrogen and oxygen atoms in total. The predicted octanol–water partition coefficient (Wildman–Crippen LogP) is 3.25. The molecule has 1 amide bonds. The van der Waals surface area contributed by atoms with E-state index in [2.05, 4.69) is 4.98 Å². The first-order valence-corrected chi connectivity index (χ1v) is 10.4. The van der Waals surface area contributed by atoms with Crippen LogP contribution >= 0.6 is 0 Å². The van der Waals surface area contributed by atoms with Gasteiger partial charge in [-0.3, -0.25) is 4.79 Å². The van der Waals surface area contributed by atoms with Crippen molar-refractivity contribution in [1.29, 1.82) is 0 Å². The molecule has 2 aliphatic heterocycles. The molecule has 156 valence electrons. The number of anilines is 1. The maximum absolute atomic E-state index is 13.6. The summed E-state index contributed by atoms with van der Waals surface area (Å²) in [4.78, 5) is 31.9. The number of nitrogen functional groups attached to an aromatic ring is 1. The number of likely N-dealkylation sites (tertiary alicyclic amines) is 1. The number of hydrogen-bond donors (Lipinski definition) is 1. The van der Waals surface area contributed by atoms with E-state index in [0.717, 1.165) is 29.5 Å². The first-order valence-electron chi connectivity index (χ1n) is 10.4. The number of nitrogens with two attached hydrogens (primary N) is 1. The van der Waals surface area contributed by atoms with Crippen molar-refractivity contribution in [2.45, 2.75) is 30.3 Å². The average Bonchev–Trinajstić information content (AvgIpc) is 3.17. The highest BCUT2D eigenvalue weighted by molar-refractivity contribution is 5.96. The summed E-state index contributed by atoms with van der Waals surface area (Å²) in [5, 5.41) is 0. The number of carbonyl (C=O) groups excluding carboxylic acids is 2. The number of fused-ring (bicyclic) bond motifs is 2. The van der Waals surface area contributed by atoms with Gasteiger partial charge in [-0.1, -0.05) is 42.5 Å². The van der Waals surface area contributed by atoms with Crippen LogP contribution in [0, 0.1) is 0 Å². The van der Waals surface area contributed by atoms with Crippen LogP contribution in [0.1, 0.15) is 40.7 Å². The fourth-order valence-corrected chi connectivity index (χ4v) is 5.04. The highest BCUT2D eigenvalue weighted by atomic mass is 16.6. The maximum Gasteiger partial charge on any atom is 0.339 e. The molecule has 31 heavy (non-hydrogen) atoms. The molecule has 1 saturated heterocycles. The van der Waals surface area contributed by atoms with E-state index in [1.807, 2.05) is 47.4 Å². The Labute approximate surface area is 178 Å². The molecule has 0 radical (unpaired) electrons. The molecule has 1 aliphatic carbocycles. The van der Waals surface area contributed by atoms with Gasteiger partial charge < -0.3 is 19.8 Å². The highest BCUT2D eigenvalue weighted by Crippen LogP contribution is 2.52. The smallest absolute Gasteiger partial charge is 0.339 e. The minimum Gasteiger partial charge on any atom is -0.449 e. The Bertz CT molecular complexity index is 1210. The second-order valence-electron chi connectivity index (χ2n) is 8.64. The summed E-state index contributed by atoms with van der Waals surface area (Å²) < 4.78 is 10.9. The quantitative estimate of drug-likeness (QED) is 0.660. The number of amides is 1. The molecule has 0 bridgehead atoms. The van der Waals surface area contributed by atoms with Crippen LogP contribution in [0.4, 0.5) is 6.01 Å². The number of aromatic nitrogens is 1. The molecule has 2 N–H and O–H groups in total. The topological polar surface area (TPSA) is 98.7 Å². The van der Waals surface area contributed by atoms with Crippen molar-refractivity contribution in [2.75, 3.05) is 18.8 Å². The van der Waals surface area contributed by atoms with Crippen molar-refractivity contribution in [3.63, 3.8) is 0 Å². The van der Waals surface area contributed by atoms with Gasteiger partial charge in [0.25, 0.3) is 6.01 Å². The highest BCUT2D eigenvalue weighted by Gasteiger charge is 2.57. The second-order valence-corrected chi connectivity index (χ2v) is 8.64. The lowest BCUT2D eigenvalue weighted by Gasteiger charge is -2.27. The standard InChI is InChI=1S/C24H21N3O4/c25-22-26-19(13-30-22)15-5-7-16(8-6-15)23(9-10-23)21(29)27-12-11-24(14-27)18-4-2-1-3-17(18)20(28)31-24/h1-8,13H,9-12,14H2,(H2,25,26)/t24-/m0/s1. The van der Waals surface area contributed by atoms with Crippen LogP contribution in [0.2, 0.25) is 0 Å². The Balaban J connectivity index is 1.25. The number of carbonyl (C=O) groups is 2. The summed E-state index contributed by atoms with van der Waals surface area (Å²) in [5.74, 6) is -0.182. The number of rotatable bonds is 3. The van der Waals surface area contributed by atoms with E-state index in [0.29, 0.717) is 30.8 Å². The van der Waals surface area contributed by atoms with Crippen molar-refractivity contribution in [3.05, 3.63) is 71.5 Å². The van der Waals surface area contributed by atoms with Gasteiger partial charge in [0, 0.05) is 24.1 Å². The molecule has 7 heteroatoms. The van der Waals surface area contributed by atoms with Gasteiger partial charge in [-0.25, -0.2) is 4.79 Å². The molecule has 0 unspecified atom stereocenters. The van der Waals surface area contributed by atoms with Crippen LogP contribution in [-0.4, -0.2) is 34.8 Å². The van der Waals surface area contributed by atoms with E-state index >= 15 is 0 Å². The first kappa shape index (κ1) is 18.2. The summed E-state index contributed by atoms with van der Waals surface area (Å²) in [6, 6.07) is 15.5. The number of nitrogens with zero attached hydrogens (tertiary/aromatic N) is 2. The van der Waals surface area contributed by atoms with E-state index in [-0.39, 0.29) is 17.9 Å². The zero-order chi connectivity index (χ0) is 21.2. The Morgan fingerprint density at radius 1 is 1.06 bits per heavy atom. The Morgan fingerprint density at radius 2 is 1.84 bits per heavy atom. The van der Waals surface area contributed by atoms with Crippen LogP contribution < -0.4 is 5.73 Å². The number of benzene rings is 2. The van der Waals surface area contributed by atoms with E-state index in [9.17, 15) is 9.59 Å². The van der Waals surface area contributed by atoms with Crippen molar-refractivity contribution >= 4 is 17.9 Å². The maximum atomic E-state index is 13.6. The van der Waals surface area contributed by atoms with Crippen LogP contribution in [0.25, 0.3) is 11.3 Å². The van der Waals surface area contributed by atoms with Crippen molar-refractivity contribution < 1.29 is 18.7 Å². The summed E-state index contributed by atoms with van der Waals surface area (Å²) in [6.07, 6.45) is 3.79. The monoisotopic (exact) mass is 415 g/mol.